The molecule has 25 heavy (non-hydrogen) atoms. The Morgan fingerprint density at radius 2 is 1.96 bits per heavy atom. The Morgan fingerprint density at radius 3 is 2.64 bits per heavy atom. The second-order valence-electron chi connectivity index (χ2n) is 6.94. The van der Waals surface area contributed by atoms with Crippen LogP contribution in [0.3, 0.4) is 0 Å². The second-order valence-corrected chi connectivity index (χ2v) is 6.94. The molecule has 0 spiro atoms. The summed E-state index contributed by atoms with van der Waals surface area (Å²) in [6, 6.07) is 7.08. The summed E-state index contributed by atoms with van der Waals surface area (Å²) in [4.78, 5) is 12.8. The molecule has 1 aliphatic rings. The SMILES string of the molecule is Cc1c(C)c2c(c(C)c1O)CCC(C)(C(=O)Nc1cccc(N)c1)O2. The number of hydrogen-bond donors (Lipinski definition) is 3. The number of nitrogens with two attached hydrogens (primary N) is 1. The number of aromatic hydroxyl groups is 1. The van der Waals surface area contributed by atoms with Crippen LogP contribution in [0.1, 0.15) is 35.6 Å². The van der Waals surface area contributed by atoms with Gasteiger partial charge in [0.15, 0.2) is 5.60 Å². The number of nitrogens with one attached hydrogen (secondary N) is 1. The molecule has 1 aliphatic heterocycles. The lowest BCUT2D eigenvalue weighted by molar-refractivity contribution is -0.131. The molecule has 0 bridgehead atoms. The van der Waals surface area contributed by atoms with Gasteiger partial charge in [0.2, 0.25) is 0 Å². The number of ether oxygens (including phenoxy) is 1. The Labute approximate surface area is 147 Å². The van der Waals surface area contributed by atoms with Gasteiger partial charge in [-0.3, -0.25) is 4.79 Å². The number of fused-ring (bicyclic) bond motifs is 1. The molecular formula is C20H24N2O3. The van der Waals surface area contributed by atoms with Gasteiger partial charge in [-0.05, 0) is 69.0 Å². The summed E-state index contributed by atoms with van der Waals surface area (Å²) < 4.78 is 6.18. The Morgan fingerprint density at radius 1 is 1.24 bits per heavy atom. The zero-order valence-corrected chi connectivity index (χ0v) is 15.1. The van der Waals surface area contributed by atoms with Crippen LogP contribution in [0.25, 0.3) is 0 Å². The zero-order valence-electron chi connectivity index (χ0n) is 15.1. The number of benzene rings is 2. The van der Waals surface area contributed by atoms with E-state index in [4.69, 9.17) is 10.5 Å². The quantitative estimate of drug-likeness (QED) is 0.729. The summed E-state index contributed by atoms with van der Waals surface area (Å²) in [5.41, 5.74) is 9.51. The van der Waals surface area contributed by atoms with Gasteiger partial charge in [0.1, 0.15) is 11.5 Å². The average molecular weight is 340 g/mol. The first kappa shape index (κ1) is 17.1. The van der Waals surface area contributed by atoms with Crippen LogP contribution in [0.2, 0.25) is 0 Å². The highest BCUT2D eigenvalue weighted by molar-refractivity contribution is 5.98. The Bertz CT molecular complexity index is 861. The van der Waals surface area contributed by atoms with Crippen LogP contribution in [-0.2, 0) is 11.2 Å². The highest BCUT2D eigenvalue weighted by Crippen LogP contribution is 2.43. The lowest BCUT2D eigenvalue weighted by atomic mass is 9.86. The molecule has 1 heterocycles. The first-order valence-electron chi connectivity index (χ1n) is 8.40. The molecule has 5 nitrogen and oxygen atoms in total. The van der Waals surface area contributed by atoms with Crippen molar-refractivity contribution in [1.29, 1.82) is 0 Å². The van der Waals surface area contributed by atoms with Crippen LogP contribution in [-0.4, -0.2) is 16.6 Å². The molecule has 2 aromatic rings. The van der Waals surface area contributed by atoms with E-state index in [1.807, 2.05) is 20.8 Å². The monoisotopic (exact) mass is 340 g/mol. The Kier molecular flexibility index (Phi) is 4.11. The molecule has 132 valence electrons. The summed E-state index contributed by atoms with van der Waals surface area (Å²) in [6.45, 7) is 7.46. The van der Waals surface area contributed by atoms with Gasteiger partial charge in [0.05, 0.1) is 0 Å². The molecule has 2 aromatic carbocycles. The maximum atomic E-state index is 12.8. The van der Waals surface area contributed by atoms with Crippen LogP contribution < -0.4 is 15.8 Å². The minimum Gasteiger partial charge on any atom is -0.507 e. The van der Waals surface area contributed by atoms with Gasteiger partial charge in [-0.2, -0.15) is 0 Å². The first-order valence-corrected chi connectivity index (χ1v) is 8.40. The molecule has 0 saturated heterocycles. The van der Waals surface area contributed by atoms with Gasteiger partial charge in [-0.25, -0.2) is 0 Å². The van der Waals surface area contributed by atoms with Crippen LogP contribution >= 0.6 is 0 Å². The number of carbonyl (C=O) groups is 1. The van der Waals surface area contributed by atoms with E-state index in [-0.39, 0.29) is 5.91 Å². The van der Waals surface area contributed by atoms with Crippen LogP contribution in [0.4, 0.5) is 11.4 Å². The predicted octanol–water partition coefficient (Wildman–Crippen LogP) is 3.62. The van der Waals surface area contributed by atoms with Crippen molar-refractivity contribution in [2.24, 2.45) is 0 Å². The highest BCUT2D eigenvalue weighted by atomic mass is 16.5. The zero-order chi connectivity index (χ0) is 18.4. The van der Waals surface area contributed by atoms with Gasteiger partial charge in [-0.1, -0.05) is 6.07 Å². The van der Waals surface area contributed by atoms with E-state index < -0.39 is 5.60 Å². The molecular weight excluding hydrogens is 316 g/mol. The molecule has 0 aliphatic carbocycles. The number of rotatable bonds is 2. The number of hydrogen-bond acceptors (Lipinski definition) is 4. The minimum absolute atomic E-state index is 0.202. The lowest BCUT2D eigenvalue weighted by Gasteiger charge is -2.36. The van der Waals surface area contributed by atoms with Crippen LogP contribution in [0.15, 0.2) is 24.3 Å². The van der Waals surface area contributed by atoms with Crippen molar-refractivity contribution in [2.75, 3.05) is 11.1 Å². The van der Waals surface area contributed by atoms with Crippen LogP contribution in [0.5, 0.6) is 11.5 Å². The number of carbonyl (C=O) groups excluding carboxylic acids is 1. The van der Waals surface area contributed by atoms with Crippen molar-refractivity contribution in [2.45, 2.75) is 46.1 Å². The molecule has 1 unspecified atom stereocenters. The van der Waals surface area contributed by atoms with E-state index in [9.17, 15) is 9.90 Å². The number of phenolic OH excluding ortho intramolecular Hbond substituents is 1. The van der Waals surface area contributed by atoms with Crippen molar-refractivity contribution < 1.29 is 14.6 Å². The average Bonchev–Trinajstić information content (AvgIpc) is 2.58. The van der Waals surface area contributed by atoms with E-state index in [0.29, 0.717) is 35.7 Å². The summed E-state index contributed by atoms with van der Waals surface area (Å²) in [7, 11) is 0. The fourth-order valence-electron chi connectivity index (χ4n) is 3.29. The van der Waals surface area contributed by atoms with Crippen LogP contribution in [0, 0.1) is 20.8 Å². The van der Waals surface area contributed by atoms with Crippen molar-refractivity contribution in [3.63, 3.8) is 0 Å². The molecule has 0 radical (unpaired) electrons. The molecule has 3 rings (SSSR count). The molecule has 4 N–H and O–H groups in total. The standard InChI is InChI=1S/C20H24N2O3/c1-11-12(2)18-16(13(3)17(11)23)8-9-20(4,25-18)19(24)22-15-7-5-6-14(21)10-15/h5-7,10,23H,8-9,21H2,1-4H3,(H,22,24). The summed E-state index contributed by atoms with van der Waals surface area (Å²) in [6.07, 6.45) is 1.22. The third-order valence-corrected chi connectivity index (χ3v) is 5.14. The molecule has 0 fully saturated rings. The van der Waals surface area contributed by atoms with Gasteiger partial charge in [0.25, 0.3) is 5.91 Å². The predicted molar refractivity (Wildman–Crippen MR) is 99.2 cm³/mol. The lowest BCUT2D eigenvalue weighted by Crippen LogP contribution is -2.48. The third kappa shape index (κ3) is 2.90. The van der Waals surface area contributed by atoms with E-state index in [2.05, 4.69) is 5.32 Å². The first-order chi connectivity index (χ1) is 11.7. The van der Waals surface area contributed by atoms with E-state index >= 15 is 0 Å². The maximum absolute atomic E-state index is 12.8. The van der Waals surface area contributed by atoms with E-state index in [1.165, 1.54) is 0 Å². The maximum Gasteiger partial charge on any atom is 0.268 e. The summed E-state index contributed by atoms with van der Waals surface area (Å²) >= 11 is 0. The molecule has 1 atom stereocenters. The van der Waals surface area contributed by atoms with E-state index in [0.717, 1.165) is 22.3 Å². The third-order valence-electron chi connectivity index (χ3n) is 5.14. The van der Waals surface area contributed by atoms with E-state index in [1.54, 1.807) is 31.2 Å². The minimum atomic E-state index is -0.974. The molecule has 5 heteroatoms. The highest BCUT2D eigenvalue weighted by Gasteiger charge is 2.40. The second kappa shape index (κ2) is 5.99. The number of anilines is 2. The van der Waals surface area contributed by atoms with Gasteiger partial charge in [-0.15, -0.1) is 0 Å². The number of nitrogen functional groups attached to an aromatic ring is 1. The Hall–Kier alpha value is -2.69. The number of phenols is 1. The van der Waals surface area contributed by atoms with Gasteiger partial charge < -0.3 is 20.9 Å². The molecule has 1 amide bonds. The fourth-order valence-corrected chi connectivity index (χ4v) is 3.29. The van der Waals surface area contributed by atoms with Crippen molar-refractivity contribution in [3.05, 3.63) is 46.5 Å². The molecule has 0 saturated carbocycles. The summed E-state index contributed by atoms with van der Waals surface area (Å²) in [5, 5.41) is 13.1. The van der Waals surface area contributed by atoms with Gasteiger partial charge in [0, 0.05) is 23.4 Å². The van der Waals surface area contributed by atoms with Crippen molar-refractivity contribution in [3.8, 4) is 11.5 Å². The molecule has 0 aromatic heterocycles. The summed E-state index contributed by atoms with van der Waals surface area (Å²) in [5.74, 6) is 0.823. The largest absolute Gasteiger partial charge is 0.507 e. The van der Waals surface area contributed by atoms with Gasteiger partial charge >= 0.3 is 0 Å². The number of amides is 1. The van der Waals surface area contributed by atoms with Crippen molar-refractivity contribution >= 4 is 17.3 Å². The normalized spacial score (nSPS) is 19.0. The topological polar surface area (TPSA) is 84.6 Å². The fraction of sp³-hybridized carbons (Fsp3) is 0.350. The Balaban J connectivity index is 1.91. The van der Waals surface area contributed by atoms with Crippen molar-refractivity contribution in [1.82, 2.24) is 0 Å². The smallest absolute Gasteiger partial charge is 0.268 e.